The summed E-state index contributed by atoms with van der Waals surface area (Å²) >= 11 is 6.01. The van der Waals surface area contributed by atoms with E-state index in [4.69, 9.17) is 16.3 Å². The molecule has 1 aromatic rings. The normalized spacial score (nSPS) is 18.6. The van der Waals surface area contributed by atoms with Gasteiger partial charge in [0.1, 0.15) is 16.8 Å². The number of anilines is 1. The highest BCUT2D eigenvalue weighted by molar-refractivity contribution is 6.32. The molecule has 2 heterocycles. The number of aromatic nitrogens is 2. The highest BCUT2D eigenvalue weighted by Gasteiger charge is 2.22. The first-order chi connectivity index (χ1) is 9.15. The summed E-state index contributed by atoms with van der Waals surface area (Å²) in [4.78, 5) is 21.6. The third-order valence-corrected chi connectivity index (χ3v) is 3.53. The Labute approximate surface area is 117 Å². The van der Waals surface area contributed by atoms with Crippen molar-refractivity contribution >= 4 is 23.7 Å². The van der Waals surface area contributed by atoms with E-state index in [0.29, 0.717) is 17.2 Å². The molecule has 1 aromatic heterocycles. The molecule has 0 bridgehead atoms. The van der Waals surface area contributed by atoms with Crippen LogP contribution in [0.25, 0.3) is 0 Å². The number of nitrogens with zero attached hydrogens (tertiary/aromatic N) is 3. The van der Waals surface area contributed by atoms with Gasteiger partial charge in [0.15, 0.2) is 6.29 Å². The number of ether oxygens (including phenoxy) is 1. The van der Waals surface area contributed by atoms with Crippen molar-refractivity contribution in [3.8, 4) is 0 Å². The van der Waals surface area contributed by atoms with E-state index in [-0.39, 0.29) is 11.3 Å². The molecule has 1 fully saturated rings. The molecule has 1 unspecified atom stereocenters. The monoisotopic (exact) mass is 283 g/mol. The average Bonchev–Trinajstić information content (AvgIpc) is 2.88. The van der Waals surface area contributed by atoms with E-state index in [2.05, 4.69) is 9.97 Å². The largest absolute Gasteiger partial charge is 0.376 e. The van der Waals surface area contributed by atoms with Crippen LogP contribution >= 0.6 is 11.6 Å². The van der Waals surface area contributed by atoms with Crippen LogP contribution in [0.15, 0.2) is 0 Å². The number of hydrogen-bond acceptors (Lipinski definition) is 5. The summed E-state index contributed by atoms with van der Waals surface area (Å²) in [6, 6.07) is 0. The lowest BCUT2D eigenvalue weighted by molar-refractivity contribution is 0.111. The summed E-state index contributed by atoms with van der Waals surface area (Å²) in [7, 11) is 0. The second-order valence-electron chi connectivity index (χ2n) is 4.59. The minimum absolute atomic E-state index is 0.202. The molecular weight excluding hydrogens is 266 g/mol. The molecule has 5 nitrogen and oxygen atoms in total. The number of likely N-dealkylation sites (N-methyl/N-ethyl adjacent to an activating group) is 1. The van der Waals surface area contributed by atoms with Crippen molar-refractivity contribution in [1.82, 2.24) is 9.97 Å². The summed E-state index contributed by atoms with van der Waals surface area (Å²) in [5, 5.41) is 0.211. The maximum Gasteiger partial charge on any atom is 0.156 e. The second kappa shape index (κ2) is 6.30. The van der Waals surface area contributed by atoms with Crippen molar-refractivity contribution in [2.24, 2.45) is 0 Å². The first-order valence-corrected chi connectivity index (χ1v) is 6.89. The van der Waals surface area contributed by atoms with Gasteiger partial charge in [-0.15, -0.1) is 0 Å². The molecule has 1 aliphatic heterocycles. The number of hydrogen-bond donors (Lipinski definition) is 0. The van der Waals surface area contributed by atoms with E-state index in [1.807, 2.05) is 11.8 Å². The Hall–Kier alpha value is -1.20. The molecule has 1 atom stereocenters. The van der Waals surface area contributed by atoms with Crippen LogP contribution in [0.2, 0.25) is 5.15 Å². The zero-order valence-corrected chi connectivity index (χ0v) is 12.0. The standard InChI is InChI=1S/C13H18ClN3O2/c1-3-17(7-10-5-4-6-19-10)13-11(8-18)12(14)15-9(2)16-13/h8,10H,3-7H2,1-2H3. The maximum absolute atomic E-state index is 11.2. The van der Waals surface area contributed by atoms with E-state index >= 15 is 0 Å². The fourth-order valence-corrected chi connectivity index (χ4v) is 2.53. The Morgan fingerprint density at radius 2 is 2.32 bits per heavy atom. The number of carbonyl (C=O) groups excluding carboxylic acids is 1. The predicted molar refractivity (Wildman–Crippen MR) is 74.0 cm³/mol. The van der Waals surface area contributed by atoms with Gasteiger partial charge in [-0.25, -0.2) is 9.97 Å². The molecule has 0 aromatic carbocycles. The minimum Gasteiger partial charge on any atom is -0.376 e. The topological polar surface area (TPSA) is 55.3 Å². The molecule has 0 saturated carbocycles. The van der Waals surface area contributed by atoms with Crippen molar-refractivity contribution in [3.63, 3.8) is 0 Å². The summed E-state index contributed by atoms with van der Waals surface area (Å²) in [6.07, 6.45) is 3.06. The Bertz CT molecular complexity index is 461. The second-order valence-corrected chi connectivity index (χ2v) is 4.95. The summed E-state index contributed by atoms with van der Waals surface area (Å²) in [5.41, 5.74) is 0.354. The minimum atomic E-state index is 0.202. The van der Waals surface area contributed by atoms with Gasteiger partial charge < -0.3 is 9.64 Å². The van der Waals surface area contributed by atoms with Crippen LogP contribution in [-0.4, -0.2) is 42.1 Å². The maximum atomic E-state index is 11.2. The first-order valence-electron chi connectivity index (χ1n) is 6.51. The number of aldehydes is 1. The fraction of sp³-hybridized carbons (Fsp3) is 0.615. The fourth-order valence-electron chi connectivity index (χ4n) is 2.27. The Morgan fingerprint density at radius 1 is 1.53 bits per heavy atom. The number of halogens is 1. The van der Waals surface area contributed by atoms with E-state index in [1.54, 1.807) is 6.92 Å². The molecule has 0 aliphatic carbocycles. The van der Waals surface area contributed by atoms with E-state index in [0.717, 1.165) is 38.8 Å². The third-order valence-electron chi connectivity index (χ3n) is 3.24. The highest BCUT2D eigenvalue weighted by Crippen LogP contribution is 2.24. The number of rotatable bonds is 5. The zero-order valence-electron chi connectivity index (χ0n) is 11.2. The van der Waals surface area contributed by atoms with E-state index < -0.39 is 0 Å². The molecule has 104 valence electrons. The summed E-state index contributed by atoms with van der Waals surface area (Å²) < 4.78 is 5.63. The molecule has 1 aliphatic rings. The number of carbonyl (C=O) groups is 1. The van der Waals surface area contributed by atoms with Gasteiger partial charge in [-0.05, 0) is 26.7 Å². The quantitative estimate of drug-likeness (QED) is 0.613. The van der Waals surface area contributed by atoms with Crippen LogP contribution in [0.5, 0.6) is 0 Å². The third kappa shape index (κ3) is 3.22. The van der Waals surface area contributed by atoms with Crippen molar-refractivity contribution < 1.29 is 9.53 Å². The summed E-state index contributed by atoms with van der Waals surface area (Å²) in [5.74, 6) is 1.17. The molecular formula is C13H18ClN3O2. The van der Waals surface area contributed by atoms with Gasteiger partial charge in [0.05, 0.1) is 11.7 Å². The van der Waals surface area contributed by atoms with Crippen molar-refractivity contribution in [2.75, 3.05) is 24.6 Å². The number of aryl methyl sites for hydroxylation is 1. The molecule has 0 spiro atoms. The van der Waals surface area contributed by atoms with Gasteiger partial charge in [0.2, 0.25) is 0 Å². The van der Waals surface area contributed by atoms with Crippen LogP contribution in [0.1, 0.15) is 35.9 Å². The van der Waals surface area contributed by atoms with Gasteiger partial charge in [-0.3, -0.25) is 4.79 Å². The average molecular weight is 284 g/mol. The zero-order chi connectivity index (χ0) is 13.8. The van der Waals surface area contributed by atoms with Gasteiger partial charge >= 0.3 is 0 Å². The van der Waals surface area contributed by atoms with Crippen LogP contribution in [-0.2, 0) is 4.74 Å². The molecule has 1 saturated heterocycles. The van der Waals surface area contributed by atoms with Crippen molar-refractivity contribution in [3.05, 3.63) is 16.5 Å². The van der Waals surface area contributed by atoms with E-state index in [9.17, 15) is 4.79 Å². The van der Waals surface area contributed by atoms with Gasteiger partial charge in [0, 0.05) is 19.7 Å². The summed E-state index contributed by atoms with van der Waals surface area (Å²) in [6.45, 7) is 6.07. The molecule has 0 radical (unpaired) electrons. The van der Waals surface area contributed by atoms with E-state index in [1.165, 1.54) is 0 Å². The SMILES string of the molecule is CCN(CC1CCCO1)c1nc(C)nc(Cl)c1C=O. The Balaban J connectivity index is 2.28. The lowest BCUT2D eigenvalue weighted by Crippen LogP contribution is -2.33. The van der Waals surface area contributed by atoms with Crippen LogP contribution in [0.3, 0.4) is 0 Å². The van der Waals surface area contributed by atoms with Crippen LogP contribution in [0.4, 0.5) is 5.82 Å². The van der Waals surface area contributed by atoms with Crippen molar-refractivity contribution in [2.45, 2.75) is 32.8 Å². The molecule has 0 amide bonds. The smallest absolute Gasteiger partial charge is 0.156 e. The molecule has 2 rings (SSSR count). The van der Waals surface area contributed by atoms with Crippen molar-refractivity contribution in [1.29, 1.82) is 0 Å². The lowest BCUT2D eigenvalue weighted by atomic mass is 10.2. The molecule has 19 heavy (non-hydrogen) atoms. The van der Waals surface area contributed by atoms with Crippen LogP contribution in [0, 0.1) is 6.92 Å². The molecule has 6 heteroatoms. The van der Waals surface area contributed by atoms with Gasteiger partial charge in [-0.2, -0.15) is 0 Å². The van der Waals surface area contributed by atoms with Gasteiger partial charge in [-0.1, -0.05) is 11.6 Å². The predicted octanol–water partition coefficient (Wildman–Crippen LogP) is 2.26. The highest BCUT2D eigenvalue weighted by atomic mass is 35.5. The van der Waals surface area contributed by atoms with Gasteiger partial charge in [0.25, 0.3) is 0 Å². The van der Waals surface area contributed by atoms with Crippen LogP contribution < -0.4 is 4.90 Å². The molecule has 0 N–H and O–H groups in total. The lowest BCUT2D eigenvalue weighted by Gasteiger charge is -2.26. The Morgan fingerprint density at radius 3 is 2.89 bits per heavy atom. The first kappa shape index (κ1) is 14.2. The Kier molecular flexibility index (Phi) is 4.71.